The molecule has 0 unspecified atom stereocenters. The molecule has 0 radical (unpaired) electrons. The number of rotatable bonds is 3. The van der Waals surface area contributed by atoms with E-state index in [1.807, 2.05) is 0 Å². The van der Waals surface area contributed by atoms with Crippen molar-refractivity contribution in [2.45, 2.75) is 11.8 Å². The van der Waals surface area contributed by atoms with E-state index in [1.165, 1.54) is 6.20 Å². The molecule has 2 rings (SSSR count). The monoisotopic (exact) mass is 305 g/mol. The lowest BCUT2D eigenvalue weighted by Gasteiger charge is -2.00. The van der Waals surface area contributed by atoms with Gasteiger partial charge < -0.3 is 4.74 Å². The SMILES string of the molecule is CCOC(=O)c1sc2ncccc2c1S(=O)(=O)Cl. The quantitative estimate of drug-likeness (QED) is 0.643. The molecule has 0 N–H and O–H groups in total. The Hall–Kier alpha value is -1.18. The number of carbonyl (C=O) groups excluding carboxylic acids is 1. The van der Waals surface area contributed by atoms with Crippen LogP contribution in [0.3, 0.4) is 0 Å². The third kappa shape index (κ3) is 2.33. The van der Waals surface area contributed by atoms with Gasteiger partial charge in [0.15, 0.2) is 0 Å². The summed E-state index contributed by atoms with van der Waals surface area (Å²) in [5, 5.41) is 0.334. The van der Waals surface area contributed by atoms with Crippen molar-refractivity contribution in [1.82, 2.24) is 4.98 Å². The van der Waals surface area contributed by atoms with Crippen LogP contribution in [0.5, 0.6) is 0 Å². The minimum absolute atomic E-state index is 0.0412. The Kier molecular flexibility index (Phi) is 3.56. The highest BCUT2D eigenvalue weighted by atomic mass is 35.7. The first kappa shape index (κ1) is 13.3. The van der Waals surface area contributed by atoms with E-state index in [2.05, 4.69) is 4.98 Å². The standard InChI is InChI=1S/C10H8ClNO4S2/c1-2-16-10(13)7-8(18(11,14)15)6-4-3-5-12-9(6)17-7/h3-5H,2H2,1H3. The number of hydrogen-bond acceptors (Lipinski definition) is 6. The fourth-order valence-electron chi connectivity index (χ4n) is 1.48. The third-order valence-electron chi connectivity index (χ3n) is 2.13. The summed E-state index contributed by atoms with van der Waals surface area (Å²) in [7, 11) is 1.33. The van der Waals surface area contributed by atoms with Crippen LogP contribution >= 0.6 is 22.0 Å². The first-order chi connectivity index (χ1) is 8.45. The van der Waals surface area contributed by atoms with Crippen LogP contribution in [-0.2, 0) is 13.8 Å². The Balaban J connectivity index is 2.77. The van der Waals surface area contributed by atoms with Gasteiger partial charge in [-0.25, -0.2) is 18.2 Å². The summed E-state index contributed by atoms with van der Waals surface area (Å²) in [4.78, 5) is 15.9. The van der Waals surface area contributed by atoms with Gasteiger partial charge in [0, 0.05) is 22.3 Å². The maximum atomic E-state index is 11.7. The minimum Gasteiger partial charge on any atom is -0.462 e. The molecule has 0 saturated heterocycles. The number of esters is 1. The Labute approximate surface area is 112 Å². The highest BCUT2D eigenvalue weighted by molar-refractivity contribution is 8.14. The average Bonchev–Trinajstić information content (AvgIpc) is 2.68. The average molecular weight is 306 g/mol. The smallest absolute Gasteiger partial charge is 0.349 e. The van der Waals surface area contributed by atoms with Gasteiger partial charge in [0.05, 0.1) is 6.61 Å². The maximum absolute atomic E-state index is 11.7. The first-order valence-electron chi connectivity index (χ1n) is 4.94. The summed E-state index contributed by atoms with van der Waals surface area (Å²) in [6, 6.07) is 3.13. The molecule has 5 nitrogen and oxygen atoms in total. The second-order valence-electron chi connectivity index (χ2n) is 3.27. The zero-order valence-electron chi connectivity index (χ0n) is 9.21. The molecule has 0 aromatic carbocycles. The normalized spacial score (nSPS) is 11.7. The van der Waals surface area contributed by atoms with Gasteiger partial charge in [0.1, 0.15) is 14.6 Å². The molecule has 2 heterocycles. The Bertz CT molecular complexity index is 708. The van der Waals surface area contributed by atoms with Crippen molar-refractivity contribution >= 4 is 47.3 Å². The second kappa shape index (κ2) is 4.83. The van der Waals surface area contributed by atoms with E-state index in [-0.39, 0.29) is 16.4 Å². The lowest BCUT2D eigenvalue weighted by Crippen LogP contribution is -2.06. The molecule has 0 aliphatic heterocycles. The van der Waals surface area contributed by atoms with Gasteiger partial charge in [-0.2, -0.15) is 0 Å². The molecular formula is C10H8ClNO4S2. The Morgan fingerprint density at radius 2 is 2.28 bits per heavy atom. The molecule has 0 saturated carbocycles. The number of carbonyl (C=O) groups is 1. The van der Waals surface area contributed by atoms with Crippen molar-refractivity contribution in [2.24, 2.45) is 0 Å². The predicted octanol–water partition coefficient (Wildman–Crippen LogP) is 2.40. The van der Waals surface area contributed by atoms with Crippen LogP contribution < -0.4 is 0 Å². The van der Waals surface area contributed by atoms with Crippen molar-refractivity contribution in [3.05, 3.63) is 23.2 Å². The van der Waals surface area contributed by atoms with Crippen LogP contribution in [-0.4, -0.2) is 26.0 Å². The van der Waals surface area contributed by atoms with Crippen molar-refractivity contribution in [3.63, 3.8) is 0 Å². The Morgan fingerprint density at radius 1 is 1.56 bits per heavy atom. The molecular weight excluding hydrogens is 298 g/mol. The fourth-order valence-corrected chi connectivity index (χ4v) is 4.28. The van der Waals surface area contributed by atoms with Crippen LogP contribution in [0.4, 0.5) is 0 Å². The molecule has 2 aromatic rings. The van der Waals surface area contributed by atoms with E-state index in [4.69, 9.17) is 15.4 Å². The van der Waals surface area contributed by atoms with Crippen LogP contribution in [0, 0.1) is 0 Å². The topological polar surface area (TPSA) is 73.3 Å². The summed E-state index contributed by atoms with van der Waals surface area (Å²) in [6.07, 6.45) is 1.51. The number of hydrogen-bond donors (Lipinski definition) is 0. The number of halogens is 1. The number of fused-ring (bicyclic) bond motifs is 1. The van der Waals surface area contributed by atoms with Gasteiger partial charge in [-0.1, -0.05) is 0 Å². The predicted molar refractivity (Wildman–Crippen MR) is 68.6 cm³/mol. The largest absolute Gasteiger partial charge is 0.462 e. The molecule has 0 aliphatic carbocycles. The molecule has 0 fully saturated rings. The van der Waals surface area contributed by atoms with Crippen molar-refractivity contribution < 1.29 is 17.9 Å². The molecule has 0 atom stereocenters. The number of aromatic nitrogens is 1. The minimum atomic E-state index is -4.04. The summed E-state index contributed by atoms with van der Waals surface area (Å²) < 4.78 is 28.0. The zero-order valence-corrected chi connectivity index (χ0v) is 11.6. The van der Waals surface area contributed by atoms with Gasteiger partial charge in [0.25, 0.3) is 9.05 Å². The summed E-state index contributed by atoms with van der Waals surface area (Å²) in [5.41, 5.74) is 0. The maximum Gasteiger partial charge on any atom is 0.349 e. The Morgan fingerprint density at radius 3 is 2.89 bits per heavy atom. The summed E-state index contributed by atoms with van der Waals surface area (Å²) >= 11 is 0.950. The molecule has 0 amide bonds. The van der Waals surface area contributed by atoms with E-state index in [1.54, 1.807) is 19.1 Å². The first-order valence-corrected chi connectivity index (χ1v) is 8.07. The van der Waals surface area contributed by atoms with Gasteiger partial charge in [-0.05, 0) is 19.1 Å². The molecule has 2 aromatic heterocycles. The lowest BCUT2D eigenvalue weighted by molar-refractivity contribution is 0.0528. The van der Waals surface area contributed by atoms with Crippen molar-refractivity contribution in [2.75, 3.05) is 6.61 Å². The van der Waals surface area contributed by atoms with Crippen molar-refractivity contribution in [3.8, 4) is 0 Å². The highest BCUT2D eigenvalue weighted by Crippen LogP contribution is 2.35. The zero-order chi connectivity index (χ0) is 13.3. The van der Waals surface area contributed by atoms with E-state index in [9.17, 15) is 13.2 Å². The van der Waals surface area contributed by atoms with Crippen LogP contribution in [0.1, 0.15) is 16.6 Å². The number of nitrogens with zero attached hydrogens (tertiary/aromatic N) is 1. The second-order valence-corrected chi connectivity index (χ2v) is 6.78. The number of thiophene rings is 1. The molecule has 8 heteroatoms. The van der Waals surface area contributed by atoms with E-state index < -0.39 is 15.0 Å². The van der Waals surface area contributed by atoms with Gasteiger partial charge >= 0.3 is 5.97 Å². The number of pyridine rings is 1. The highest BCUT2D eigenvalue weighted by Gasteiger charge is 2.28. The van der Waals surface area contributed by atoms with Crippen LogP contribution in [0.15, 0.2) is 23.2 Å². The van der Waals surface area contributed by atoms with Crippen LogP contribution in [0.25, 0.3) is 10.2 Å². The van der Waals surface area contributed by atoms with E-state index in [0.29, 0.717) is 10.2 Å². The van der Waals surface area contributed by atoms with Gasteiger partial charge in [0.2, 0.25) is 0 Å². The fraction of sp³-hybridized carbons (Fsp3) is 0.200. The summed E-state index contributed by atoms with van der Waals surface area (Å²) in [6.45, 7) is 1.79. The van der Waals surface area contributed by atoms with Gasteiger partial charge in [-0.3, -0.25) is 0 Å². The summed E-state index contributed by atoms with van der Waals surface area (Å²) in [5.74, 6) is -0.709. The lowest BCUT2D eigenvalue weighted by atomic mass is 10.3. The molecule has 0 bridgehead atoms. The number of ether oxygens (including phenoxy) is 1. The van der Waals surface area contributed by atoms with Gasteiger partial charge in [-0.15, -0.1) is 11.3 Å². The third-order valence-corrected chi connectivity index (χ3v) is 4.72. The molecule has 0 aliphatic rings. The van der Waals surface area contributed by atoms with Crippen LogP contribution in [0.2, 0.25) is 0 Å². The molecule has 0 spiro atoms. The molecule has 18 heavy (non-hydrogen) atoms. The van der Waals surface area contributed by atoms with E-state index >= 15 is 0 Å². The van der Waals surface area contributed by atoms with Crippen molar-refractivity contribution in [1.29, 1.82) is 0 Å². The van der Waals surface area contributed by atoms with E-state index in [0.717, 1.165) is 11.3 Å². The molecule has 96 valence electrons.